The molecule has 2 unspecified atom stereocenters. The van der Waals surface area contributed by atoms with E-state index in [-0.39, 0.29) is 24.0 Å². The van der Waals surface area contributed by atoms with Crippen molar-refractivity contribution in [1.82, 2.24) is 20.4 Å². The number of aliphatic imine (C=N–C) groups is 1. The summed E-state index contributed by atoms with van der Waals surface area (Å²) in [7, 11) is 1.81. The molecule has 0 aliphatic heterocycles. The maximum Gasteiger partial charge on any atom is 0.191 e. The lowest BCUT2D eigenvalue weighted by Gasteiger charge is -2.15. The van der Waals surface area contributed by atoms with Crippen LogP contribution in [0.25, 0.3) is 5.69 Å². The third-order valence-electron chi connectivity index (χ3n) is 4.33. The monoisotopic (exact) mass is 439 g/mol. The Labute approximate surface area is 161 Å². The summed E-state index contributed by atoms with van der Waals surface area (Å²) < 4.78 is 2.01. The van der Waals surface area contributed by atoms with Crippen molar-refractivity contribution in [3.8, 4) is 5.69 Å². The zero-order chi connectivity index (χ0) is 16.4. The van der Waals surface area contributed by atoms with Crippen molar-refractivity contribution >= 4 is 29.9 Å². The van der Waals surface area contributed by atoms with Gasteiger partial charge in [0.15, 0.2) is 5.96 Å². The number of halogens is 1. The van der Waals surface area contributed by atoms with Crippen LogP contribution >= 0.6 is 24.0 Å². The summed E-state index contributed by atoms with van der Waals surface area (Å²) in [5, 5.41) is 11.5. The Morgan fingerprint density at radius 2 is 2.04 bits per heavy atom. The third-order valence-corrected chi connectivity index (χ3v) is 4.33. The fraction of sp³-hybridized carbons (Fsp3) is 0.444. The standard InChI is InChI=1S/C18H25N5.HI/c1-12-9-16(12)21-18(19-4)20-11-15-7-5-6-8-17(15)23-14(3)10-13(2)22-23;/h5-8,10,12,16H,9,11H2,1-4H3,(H2,19,20,21);1H. The summed E-state index contributed by atoms with van der Waals surface area (Å²) in [5.74, 6) is 1.61. The molecule has 2 aromatic rings. The summed E-state index contributed by atoms with van der Waals surface area (Å²) in [5.41, 5.74) is 4.49. The Morgan fingerprint density at radius 1 is 1.33 bits per heavy atom. The predicted molar refractivity (Wildman–Crippen MR) is 109 cm³/mol. The van der Waals surface area contributed by atoms with E-state index in [0.29, 0.717) is 6.04 Å². The normalized spacial score (nSPS) is 19.6. The van der Waals surface area contributed by atoms with Gasteiger partial charge in [-0.3, -0.25) is 4.99 Å². The van der Waals surface area contributed by atoms with Crippen LogP contribution in [0, 0.1) is 19.8 Å². The summed E-state index contributed by atoms with van der Waals surface area (Å²) >= 11 is 0. The first-order chi connectivity index (χ1) is 11.1. The molecular weight excluding hydrogens is 413 g/mol. The van der Waals surface area contributed by atoms with E-state index in [1.165, 1.54) is 12.0 Å². The number of para-hydroxylation sites is 1. The maximum absolute atomic E-state index is 4.60. The first kappa shape index (κ1) is 18.8. The fourth-order valence-corrected chi connectivity index (χ4v) is 2.81. The van der Waals surface area contributed by atoms with Crippen LogP contribution in [0.5, 0.6) is 0 Å². The van der Waals surface area contributed by atoms with E-state index in [4.69, 9.17) is 0 Å². The number of nitrogens with zero attached hydrogens (tertiary/aromatic N) is 3. The van der Waals surface area contributed by atoms with Gasteiger partial charge in [0.05, 0.1) is 11.4 Å². The van der Waals surface area contributed by atoms with Crippen LogP contribution in [0.4, 0.5) is 0 Å². The van der Waals surface area contributed by atoms with Crippen molar-refractivity contribution in [3.63, 3.8) is 0 Å². The van der Waals surface area contributed by atoms with E-state index in [9.17, 15) is 0 Å². The highest BCUT2D eigenvalue weighted by molar-refractivity contribution is 14.0. The Kier molecular flexibility index (Phi) is 6.26. The molecule has 6 heteroatoms. The smallest absolute Gasteiger partial charge is 0.191 e. The molecule has 1 aromatic carbocycles. The molecule has 3 rings (SSSR count). The molecule has 1 heterocycles. The quantitative estimate of drug-likeness (QED) is 0.437. The minimum atomic E-state index is 0. The van der Waals surface area contributed by atoms with Gasteiger partial charge in [-0.2, -0.15) is 5.10 Å². The number of hydrogen-bond acceptors (Lipinski definition) is 2. The Hall–Kier alpha value is -1.57. The van der Waals surface area contributed by atoms with Crippen LogP contribution in [-0.2, 0) is 6.54 Å². The van der Waals surface area contributed by atoms with Crippen molar-refractivity contribution in [1.29, 1.82) is 0 Å². The van der Waals surface area contributed by atoms with E-state index in [1.807, 2.05) is 24.7 Å². The van der Waals surface area contributed by atoms with Crippen molar-refractivity contribution in [2.75, 3.05) is 7.05 Å². The van der Waals surface area contributed by atoms with Gasteiger partial charge in [0, 0.05) is 25.3 Å². The highest BCUT2D eigenvalue weighted by Crippen LogP contribution is 2.28. The second-order valence-electron chi connectivity index (χ2n) is 6.36. The number of aryl methyl sites for hydroxylation is 2. The lowest BCUT2D eigenvalue weighted by molar-refractivity contribution is 0.755. The summed E-state index contributed by atoms with van der Waals surface area (Å²) in [4.78, 5) is 4.31. The van der Waals surface area contributed by atoms with Gasteiger partial charge in [0.1, 0.15) is 0 Å². The van der Waals surface area contributed by atoms with Crippen LogP contribution in [-0.4, -0.2) is 28.8 Å². The predicted octanol–water partition coefficient (Wildman–Crippen LogP) is 3.18. The number of hydrogen-bond donors (Lipinski definition) is 2. The molecule has 5 nitrogen and oxygen atoms in total. The zero-order valence-corrected chi connectivity index (χ0v) is 17.0. The molecule has 130 valence electrons. The second kappa shape index (κ2) is 8.00. The van der Waals surface area contributed by atoms with Gasteiger partial charge in [-0.15, -0.1) is 24.0 Å². The molecule has 24 heavy (non-hydrogen) atoms. The van der Waals surface area contributed by atoms with Crippen molar-refractivity contribution < 1.29 is 0 Å². The average molecular weight is 439 g/mol. The number of nitrogens with one attached hydrogen (secondary N) is 2. The van der Waals surface area contributed by atoms with Gasteiger partial charge >= 0.3 is 0 Å². The SMILES string of the molecule is CN=C(NCc1ccccc1-n1nc(C)cc1C)NC1CC1C.I. The van der Waals surface area contributed by atoms with E-state index < -0.39 is 0 Å². The highest BCUT2D eigenvalue weighted by atomic mass is 127. The van der Waals surface area contributed by atoms with Gasteiger partial charge in [-0.05, 0) is 43.9 Å². The molecule has 1 aromatic heterocycles. The van der Waals surface area contributed by atoms with Gasteiger partial charge < -0.3 is 10.6 Å². The highest BCUT2D eigenvalue weighted by Gasteiger charge is 2.33. The number of aromatic nitrogens is 2. The second-order valence-corrected chi connectivity index (χ2v) is 6.36. The Bertz CT molecular complexity index is 722. The summed E-state index contributed by atoms with van der Waals surface area (Å²) in [6, 6.07) is 11.0. The van der Waals surface area contributed by atoms with Crippen molar-refractivity contribution in [2.45, 2.75) is 39.8 Å². The number of benzene rings is 1. The molecule has 0 radical (unpaired) electrons. The maximum atomic E-state index is 4.60. The number of guanidine groups is 1. The van der Waals surface area contributed by atoms with Gasteiger partial charge in [-0.25, -0.2) is 4.68 Å². The summed E-state index contributed by atoms with van der Waals surface area (Å²) in [6.45, 7) is 7.07. The topological polar surface area (TPSA) is 54.2 Å². The molecule has 0 spiro atoms. The lowest BCUT2D eigenvalue weighted by atomic mass is 10.1. The molecule has 0 amide bonds. The van der Waals surface area contributed by atoms with Gasteiger partial charge in [0.2, 0.25) is 0 Å². The molecule has 0 bridgehead atoms. The Morgan fingerprint density at radius 3 is 2.62 bits per heavy atom. The summed E-state index contributed by atoms with van der Waals surface area (Å²) in [6.07, 6.45) is 1.23. The zero-order valence-electron chi connectivity index (χ0n) is 14.7. The largest absolute Gasteiger partial charge is 0.353 e. The van der Waals surface area contributed by atoms with Crippen LogP contribution in [0.3, 0.4) is 0 Å². The molecule has 2 atom stereocenters. The molecule has 1 aliphatic carbocycles. The van der Waals surface area contributed by atoms with Crippen LogP contribution in [0.1, 0.15) is 30.3 Å². The number of rotatable bonds is 4. The fourth-order valence-electron chi connectivity index (χ4n) is 2.81. The van der Waals surface area contributed by atoms with E-state index >= 15 is 0 Å². The van der Waals surface area contributed by atoms with E-state index in [2.05, 4.69) is 58.8 Å². The van der Waals surface area contributed by atoms with Crippen LogP contribution in [0.2, 0.25) is 0 Å². The van der Waals surface area contributed by atoms with E-state index in [1.54, 1.807) is 0 Å². The third kappa shape index (κ3) is 4.28. The first-order valence-corrected chi connectivity index (χ1v) is 8.17. The molecule has 2 N–H and O–H groups in total. The minimum Gasteiger partial charge on any atom is -0.353 e. The van der Waals surface area contributed by atoms with Crippen molar-refractivity contribution in [2.24, 2.45) is 10.9 Å². The molecule has 1 aliphatic rings. The molecule has 0 saturated heterocycles. The molecule has 1 saturated carbocycles. The van der Waals surface area contributed by atoms with E-state index in [0.717, 1.165) is 35.5 Å². The minimum absolute atomic E-state index is 0. The van der Waals surface area contributed by atoms with Crippen molar-refractivity contribution in [3.05, 3.63) is 47.3 Å². The Balaban J connectivity index is 0.00000208. The molecular formula is C18H26IN5. The van der Waals surface area contributed by atoms with Crippen LogP contribution in [0.15, 0.2) is 35.3 Å². The average Bonchev–Trinajstić information content (AvgIpc) is 3.13. The lowest BCUT2D eigenvalue weighted by Crippen LogP contribution is -2.38. The van der Waals surface area contributed by atoms with Gasteiger partial charge in [-0.1, -0.05) is 25.1 Å². The molecule has 1 fully saturated rings. The van der Waals surface area contributed by atoms with Crippen LogP contribution < -0.4 is 10.6 Å². The van der Waals surface area contributed by atoms with Gasteiger partial charge in [0.25, 0.3) is 0 Å². The first-order valence-electron chi connectivity index (χ1n) is 8.17.